The SMILES string of the molecule is COc1ccc(CCN(Cc2cccs2)C(=O)CN(C(=O)Nc2ccccc2C)C2CC2)cc1OC. The van der Waals surface area contributed by atoms with Gasteiger partial charge in [-0.25, -0.2) is 4.79 Å². The summed E-state index contributed by atoms with van der Waals surface area (Å²) in [5.74, 6) is 1.28. The second kappa shape index (κ2) is 11.9. The van der Waals surface area contributed by atoms with E-state index in [1.54, 1.807) is 30.5 Å². The average Bonchev–Trinajstić information content (AvgIpc) is 3.60. The second-order valence-corrected chi connectivity index (χ2v) is 9.97. The lowest BCUT2D eigenvalue weighted by molar-refractivity contribution is -0.132. The summed E-state index contributed by atoms with van der Waals surface area (Å²) < 4.78 is 10.8. The van der Waals surface area contributed by atoms with Gasteiger partial charge in [0.05, 0.1) is 20.8 Å². The van der Waals surface area contributed by atoms with E-state index in [2.05, 4.69) is 5.32 Å². The van der Waals surface area contributed by atoms with Gasteiger partial charge in [0, 0.05) is 23.2 Å². The number of amides is 3. The highest BCUT2D eigenvalue weighted by molar-refractivity contribution is 7.09. The number of aryl methyl sites for hydroxylation is 1. The molecule has 1 N–H and O–H groups in total. The first-order valence-electron chi connectivity index (χ1n) is 12.1. The number of ether oxygens (including phenoxy) is 2. The molecule has 4 rings (SSSR count). The van der Waals surface area contributed by atoms with Crippen molar-refractivity contribution in [2.75, 3.05) is 32.6 Å². The molecular formula is C28H33N3O4S. The van der Waals surface area contributed by atoms with Crippen LogP contribution in [0.1, 0.15) is 28.8 Å². The van der Waals surface area contributed by atoms with E-state index < -0.39 is 0 Å². The summed E-state index contributed by atoms with van der Waals surface area (Å²) in [6.07, 6.45) is 2.51. The minimum atomic E-state index is -0.226. The number of urea groups is 1. The Hall–Kier alpha value is -3.52. The number of carbonyl (C=O) groups is 2. The predicted octanol–water partition coefficient (Wildman–Crippen LogP) is 5.34. The van der Waals surface area contributed by atoms with Gasteiger partial charge in [-0.15, -0.1) is 11.3 Å². The van der Waals surface area contributed by atoms with E-state index in [1.165, 1.54) is 0 Å². The van der Waals surface area contributed by atoms with Crippen LogP contribution < -0.4 is 14.8 Å². The molecule has 36 heavy (non-hydrogen) atoms. The topological polar surface area (TPSA) is 71.1 Å². The number of hydrogen-bond acceptors (Lipinski definition) is 5. The number of thiophene rings is 1. The van der Waals surface area contributed by atoms with Crippen molar-refractivity contribution in [1.82, 2.24) is 9.80 Å². The van der Waals surface area contributed by atoms with Crippen molar-refractivity contribution in [2.45, 2.75) is 38.8 Å². The van der Waals surface area contributed by atoms with Crippen molar-refractivity contribution >= 4 is 29.0 Å². The first-order chi connectivity index (χ1) is 17.5. The zero-order chi connectivity index (χ0) is 25.5. The minimum absolute atomic E-state index is 0.0552. The maximum Gasteiger partial charge on any atom is 0.322 e. The first-order valence-corrected chi connectivity index (χ1v) is 13.0. The summed E-state index contributed by atoms with van der Waals surface area (Å²) in [6, 6.07) is 17.4. The van der Waals surface area contributed by atoms with E-state index in [9.17, 15) is 9.59 Å². The van der Waals surface area contributed by atoms with Crippen molar-refractivity contribution in [3.63, 3.8) is 0 Å². The molecule has 0 radical (unpaired) electrons. The molecule has 1 heterocycles. The number of nitrogens with one attached hydrogen (secondary N) is 1. The van der Waals surface area contributed by atoms with Crippen LogP contribution in [0.15, 0.2) is 60.0 Å². The first kappa shape index (κ1) is 25.6. The van der Waals surface area contributed by atoms with Gasteiger partial charge in [-0.05, 0) is 67.0 Å². The van der Waals surface area contributed by atoms with Crippen molar-refractivity contribution in [3.8, 4) is 11.5 Å². The number of carbonyl (C=O) groups excluding carboxylic acids is 2. The Morgan fingerprint density at radius 1 is 1.03 bits per heavy atom. The van der Waals surface area contributed by atoms with E-state index in [-0.39, 0.29) is 24.5 Å². The predicted molar refractivity (Wildman–Crippen MR) is 143 cm³/mol. The summed E-state index contributed by atoms with van der Waals surface area (Å²) in [5, 5.41) is 5.01. The van der Waals surface area contributed by atoms with Gasteiger partial charge in [-0.1, -0.05) is 30.3 Å². The third kappa shape index (κ3) is 6.57. The number of benzene rings is 2. The van der Waals surface area contributed by atoms with Crippen LogP contribution in [0.5, 0.6) is 11.5 Å². The van der Waals surface area contributed by atoms with Gasteiger partial charge < -0.3 is 24.6 Å². The fourth-order valence-corrected chi connectivity index (χ4v) is 4.80. The van der Waals surface area contributed by atoms with Crippen molar-refractivity contribution in [1.29, 1.82) is 0 Å². The van der Waals surface area contributed by atoms with Crippen molar-refractivity contribution < 1.29 is 19.1 Å². The zero-order valence-corrected chi connectivity index (χ0v) is 21.8. The van der Waals surface area contributed by atoms with Crippen molar-refractivity contribution in [3.05, 3.63) is 76.0 Å². The molecule has 0 aliphatic heterocycles. The Kier molecular flexibility index (Phi) is 8.48. The lowest BCUT2D eigenvalue weighted by Crippen LogP contribution is -2.45. The monoisotopic (exact) mass is 507 g/mol. The van der Waals surface area contributed by atoms with E-state index in [0.29, 0.717) is 31.0 Å². The highest BCUT2D eigenvalue weighted by atomic mass is 32.1. The van der Waals surface area contributed by atoms with Gasteiger partial charge in [0.15, 0.2) is 11.5 Å². The van der Waals surface area contributed by atoms with E-state index in [4.69, 9.17) is 9.47 Å². The molecule has 3 amide bonds. The molecule has 2 aromatic carbocycles. The van der Waals surface area contributed by atoms with Gasteiger partial charge in [0.2, 0.25) is 5.91 Å². The fourth-order valence-electron chi connectivity index (χ4n) is 4.08. The Balaban J connectivity index is 1.46. The fraction of sp³-hybridized carbons (Fsp3) is 0.357. The molecule has 0 saturated heterocycles. The maximum atomic E-state index is 13.5. The van der Waals surface area contributed by atoms with Crippen molar-refractivity contribution in [2.24, 2.45) is 0 Å². The Labute approximate surface area is 216 Å². The van der Waals surface area contributed by atoms with E-state index >= 15 is 0 Å². The van der Waals surface area contributed by atoms with Gasteiger partial charge >= 0.3 is 6.03 Å². The molecule has 7 nitrogen and oxygen atoms in total. The van der Waals surface area contributed by atoms with Crippen LogP contribution >= 0.6 is 11.3 Å². The Morgan fingerprint density at radius 3 is 2.47 bits per heavy atom. The Bertz CT molecular complexity index is 1180. The minimum Gasteiger partial charge on any atom is -0.493 e. The highest BCUT2D eigenvalue weighted by Gasteiger charge is 2.35. The molecule has 1 aliphatic carbocycles. The normalized spacial score (nSPS) is 12.6. The third-order valence-corrected chi connectivity index (χ3v) is 7.20. The Morgan fingerprint density at radius 2 is 1.81 bits per heavy atom. The number of para-hydroxylation sites is 1. The standard InChI is InChI=1S/C28H33N3O4S/c1-20-7-4-5-9-24(20)29-28(33)31(22-11-12-22)19-27(32)30(18-23-8-6-16-36-23)15-14-21-10-13-25(34-2)26(17-21)35-3/h4-10,13,16-17,22H,11-12,14-15,18-19H2,1-3H3,(H,29,33). The molecule has 8 heteroatoms. The van der Waals surface area contributed by atoms with E-state index in [1.807, 2.05) is 71.8 Å². The van der Waals surface area contributed by atoms with E-state index in [0.717, 1.165) is 34.5 Å². The number of nitrogens with zero attached hydrogens (tertiary/aromatic N) is 2. The van der Waals surface area contributed by atoms with Gasteiger partial charge in [-0.3, -0.25) is 4.79 Å². The molecule has 0 atom stereocenters. The second-order valence-electron chi connectivity index (χ2n) is 8.94. The number of methoxy groups -OCH3 is 2. The lowest BCUT2D eigenvalue weighted by atomic mass is 10.1. The summed E-state index contributed by atoms with van der Waals surface area (Å²) in [5.41, 5.74) is 2.81. The largest absolute Gasteiger partial charge is 0.493 e. The lowest BCUT2D eigenvalue weighted by Gasteiger charge is -2.28. The smallest absolute Gasteiger partial charge is 0.322 e. The number of rotatable bonds is 11. The zero-order valence-electron chi connectivity index (χ0n) is 21.0. The molecule has 190 valence electrons. The van der Waals surface area contributed by atoms with Crippen LogP contribution in [-0.4, -0.2) is 55.1 Å². The summed E-state index contributed by atoms with van der Waals surface area (Å²) in [4.78, 5) is 31.3. The molecule has 1 saturated carbocycles. The molecule has 0 bridgehead atoms. The van der Waals surface area contributed by atoms with Crippen LogP contribution in [0.4, 0.5) is 10.5 Å². The maximum absolute atomic E-state index is 13.5. The molecule has 1 aromatic heterocycles. The number of hydrogen-bond donors (Lipinski definition) is 1. The van der Waals surface area contributed by atoms with Gasteiger partial charge in [0.1, 0.15) is 6.54 Å². The van der Waals surface area contributed by atoms with Crippen LogP contribution in [0.3, 0.4) is 0 Å². The molecule has 0 spiro atoms. The van der Waals surface area contributed by atoms with Gasteiger partial charge in [0.25, 0.3) is 0 Å². The van der Waals surface area contributed by atoms with Gasteiger partial charge in [-0.2, -0.15) is 0 Å². The molecule has 0 unspecified atom stereocenters. The molecular weight excluding hydrogens is 474 g/mol. The summed E-state index contributed by atoms with van der Waals surface area (Å²) in [7, 11) is 3.22. The molecule has 1 aliphatic rings. The quantitative estimate of drug-likeness (QED) is 0.380. The van der Waals surface area contributed by atoms with Crippen LogP contribution in [0.25, 0.3) is 0 Å². The third-order valence-electron chi connectivity index (χ3n) is 6.34. The highest BCUT2D eigenvalue weighted by Crippen LogP contribution is 2.29. The molecule has 3 aromatic rings. The average molecular weight is 508 g/mol. The molecule has 1 fully saturated rings. The van der Waals surface area contributed by atoms with Crippen LogP contribution in [0.2, 0.25) is 0 Å². The van der Waals surface area contributed by atoms with Crippen LogP contribution in [0, 0.1) is 6.92 Å². The summed E-state index contributed by atoms with van der Waals surface area (Å²) in [6.45, 7) is 3.06. The summed E-state index contributed by atoms with van der Waals surface area (Å²) >= 11 is 1.63. The number of anilines is 1. The van der Waals surface area contributed by atoms with Crippen LogP contribution in [-0.2, 0) is 17.8 Å².